The van der Waals surface area contributed by atoms with Crippen LogP contribution in [0.25, 0.3) is 66.8 Å². The van der Waals surface area contributed by atoms with E-state index in [-0.39, 0.29) is 0 Å². The summed E-state index contributed by atoms with van der Waals surface area (Å²) in [6.45, 7) is 0. The Balaban J connectivity index is 1.45. The van der Waals surface area contributed by atoms with Crippen molar-refractivity contribution in [2.75, 3.05) is 0 Å². The lowest BCUT2D eigenvalue weighted by Crippen LogP contribution is -1.95. The molecule has 7 aromatic rings. The fourth-order valence-corrected chi connectivity index (χ4v) is 7.84. The summed E-state index contributed by atoms with van der Waals surface area (Å²) in [4.78, 5) is 0. The molecule has 42 heavy (non-hydrogen) atoms. The van der Waals surface area contributed by atoms with Crippen LogP contribution in [0, 0.1) is 0 Å². The Morgan fingerprint density at radius 2 is 0.857 bits per heavy atom. The first-order valence-corrected chi connectivity index (χ1v) is 14.7. The number of fused-ring (bicyclic) bond motifs is 9. The maximum absolute atomic E-state index is 2.38. The molecule has 192 valence electrons. The van der Waals surface area contributed by atoms with Crippen molar-refractivity contribution in [2.24, 2.45) is 0 Å². The molecule has 0 aromatic heterocycles. The average molecular weight is 529 g/mol. The van der Waals surface area contributed by atoms with Gasteiger partial charge in [0, 0.05) is 0 Å². The van der Waals surface area contributed by atoms with Gasteiger partial charge in [0.15, 0.2) is 0 Å². The van der Waals surface area contributed by atoms with Crippen LogP contribution in [0.1, 0.15) is 44.5 Å². The predicted octanol–water partition coefficient (Wildman–Crippen LogP) is 10.9. The second-order valence-electron chi connectivity index (χ2n) is 11.6. The molecule has 0 saturated carbocycles. The van der Waals surface area contributed by atoms with Crippen LogP contribution in [0.2, 0.25) is 0 Å². The monoisotopic (exact) mass is 528 g/mol. The quantitative estimate of drug-likeness (QED) is 0.209. The Bertz CT molecular complexity index is 2420. The maximum atomic E-state index is 2.38. The topological polar surface area (TPSA) is 0 Å². The molecule has 0 N–H and O–H groups in total. The van der Waals surface area contributed by atoms with Gasteiger partial charge in [0.25, 0.3) is 0 Å². The molecule has 3 aliphatic carbocycles. The van der Waals surface area contributed by atoms with Crippen molar-refractivity contribution in [3.05, 3.63) is 178 Å². The van der Waals surface area contributed by atoms with Gasteiger partial charge in [-0.05, 0) is 99.1 Å². The van der Waals surface area contributed by atoms with Crippen molar-refractivity contribution in [1.82, 2.24) is 0 Å². The molecule has 3 aliphatic rings. The summed E-state index contributed by atoms with van der Waals surface area (Å²) in [6, 6.07) is 49.6. The molecular formula is C42H24. The van der Waals surface area contributed by atoms with E-state index in [0.29, 0.717) is 0 Å². The first-order valence-electron chi connectivity index (χ1n) is 14.7. The second-order valence-corrected chi connectivity index (χ2v) is 11.6. The van der Waals surface area contributed by atoms with E-state index in [0.717, 1.165) is 0 Å². The highest BCUT2D eigenvalue weighted by atomic mass is 14.4. The molecule has 10 rings (SSSR count). The molecule has 0 heterocycles. The van der Waals surface area contributed by atoms with E-state index < -0.39 is 0 Å². The van der Waals surface area contributed by atoms with E-state index in [9.17, 15) is 0 Å². The van der Waals surface area contributed by atoms with Crippen LogP contribution in [-0.2, 0) is 0 Å². The zero-order valence-corrected chi connectivity index (χ0v) is 22.9. The first-order chi connectivity index (χ1) is 20.9. The van der Waals surface area contributed by atoms with Crippen molar-refractivity contribution in [3.63, 3.8) is 0 Å². The molecule has 0 saturated heterocycles. The van der Waals surface area contributed by atoms with Crippen LogP contribution in [0.4, 0.5) is 0 Å². The van der Waals surface area contributed by atoms with E-state index >= 15 is 0 Å². The summed E-state index contributed by atoms with van der Waals surface area (Å²) in [7, 11) is 0. The minimum absolute atomic E-state index is 1.27. The van der Waals surface area contributed by atoms with Crippen LogP contribution in [0.5, 0.6) is 0 Å². The third-order valence-corrected chi connectivity index (χ3v) is 9.53. The van der Waals surface area contributed by atoms with Gasteiger partial charge in [-0.15, -0.1) is 0 Å². The van der Waals surface area contributed by atoms with Crippen molar-refractivity contribution in [3.8, 4) is 0 Å². The lowest BCUT2D eigenvalue weighted by molar-refractivity contribution is 1.56. The predicted molar refractivity (Wildman–Crippen MR) is 179 cm³/mol. The molecule has 0 fully saturated rings. The van der Waals surface area contributed by atoms with Gasteiger partial charge in [0.2, 0.25) is 0 Å². The Morgan fingerprint density at radius 3 is 1.57 bits per heavy atom. The van der Waals surface area contributed by atoms with Crippen molar-refractivity contribution in [1.29, 1.82) is 0 Å². The minimum Gasteiger partial charge on any atom is -0.0622 e. The molecule has 0 bridgehead atoms. The molecular weight excluding hydrogens is 504 g/mol. The molecule has 0 nitrogen and oxygen atoms in total. The summed E-state index contributed by atoms with van der Waals surface area (Å²) in [5.41, 5.74) is 16.0. The summed E-state index contributed by atoms with van der Waals surface area (Å²) >= 11 is 0. The second kappa shape index (κ2) is 8.06. The Hall–Kier alpha value is -5.46. The van der Waals surface area contributed by atoms with E-state index in [4.69, 9.17) is 0 Å². The summed E-state index contributed by atoms with van der Waals surface area (Å²) in [5.74, 6) is 0. The van der Waals surface area contributed by atoms with E-state index in [1.54, 1.807) is 0 Å². The Labute approximate surface area is 244 Å². The Morgan fingerprint density at radius 1 is 0.310 bits per heavy atom. The third-order valence-electron chi connectivity index (χ3n) is 9.53. The van der Waals surface area contributed by atoms with Gasteiger partial charge < -0.3 is 0 Å². The van der Waals surface area contributed by atoms with Crippen LogP contribution < -0.4 is 0 Å². The molecule has 0 atom stereocenters. The smallest absolute Gasteiger partial charge is 0.0000937 e. The zero-order valence-electron chi connectivity index (χ0n) is 22.9. The number of hydrogen-bond acceptors (Lipinski definition) is 0. The van der Waals surface area contributed by atoms with E-state index in [2.05, 4.69) is 146 Å². The molecule has 0 amide bonds. The fourth-order valence-electron chi connectivity index (χ4n) is 7.84. The largest absolute Gasteiger partial charge is 0.0622 e. The van der Waals surface area contributed by atoms with Gasteiger partial charge in [0.05, 0.1) is 0 Å². The highest BCUT2D eigenvalue weighted by Gasteiger charge is 2.39. The molecule has 0 radical (unpaired) electrons. The van der Waals surface area contributed by atoms with Gasteiger partial charge >= 0.3 is 0 Å². The Kier molecular flexibility index (Phi) is 4.27. The first kappa shape index (κ1) is 22.3. The SMILES string of the molecule is C1=Cc2ccc(C3=C4C(=C(c5ccccc5)c5ccc6ccccc6c54)c4c3ccc3ccccc43)c3cccc1c23. The van der Waals surface area contributed by atoms with Crippen molar-refractivity contribution >= 4 is 66.8 Å². The van der Waals surface area contributed by atoms with Gasteiger partial charge in [-0.1, -0.05) is 146 Å². The fraction of sp³-hybridized carbons (Fsp3) is 0. The van der Waals surface area contributed by atoms with Gasteiger partial charge in [-0.3, -0.25) is 0 Å². The van der Waals surface area contributed by atoms with Gasteiger partial charge in [-0.25, -0.2) is 0 Å². The number of hydrogen-bond donors (Lipinski definition) is 0. The molecule has 7 aromatic carbocycles. The normalized spacial score (nSPS) is 14.4. The highest BCUT2D eigenvalue weighted by molar-refractivity contribution is 6.40. The summed E-state index contributed by atoms with van der Waals surface area (Å²) in [6.07, 6.45) is 4.51. The molecule has 0 spiro atoms. The lowest BCUT2D eigenvalue weighted by Gasteiger charge is -2.16. The highest BCUT2D eigenvalue weighted by Crippen LogP contribution is 2.61. The van der Waals surface area contributed by atoms with Crippen LogP contribution in [-0.4, -0.2) is 0 Å². The number of benzene rings is 7. The van der Waals surface area contributed by atoms with Crippen LogP contribution in [0.15, 0.2) is 133 Å². The zero-order chi connectivity index (χ0) is 27.4. The van der Waals surface area contributed by atoms with Crippen LogP contribution >= 0.6 is 0 Å². The van der Waals surface area contributed by atoms with E-state index in [1.165, 1.54) is 99.1 Å². The summed E-state index contributed by atoms with van der Waals surface area (Å²) < 4.78 is 0. The van der Waals surface area contributed by atoms with Gasteiger partial charge in [-0.2, -0.15) is 0 Å². The standard InChI is InChI=1S/C42H24/c1-2-11-27(12-3-1)37-34-23-19-25-9-4-6-14-30(25)38(34)42-40(33-22-21-29-18-17-28-13-8-16-32(33)36(28)29)35-24-20-26-10-5-7-15-31(26)39(35)41(37)42/h1-24H. The molecule has 0 unspecified atom stereocenters. The molecule has 0 aliphatic heterocycles. The van der Waals surface area contributed by atoms with Crippen molar-refractivity contribution < 1.29 is 0 Å². The van der Waals surface area contributed by atoms with Gasteiger partial charge in [0.1, 0.15) is 0 Å². The minimum atomic E-state index is 1.27. The average Bonchev–Trinajstić information content (AvgIpc) is 3.72. The lowest BCUT2D eigenvalue weighted by atomic mass is 9.86. The summed E-state index contributed by atoms with van der Waals surface area (Å²) in [5, 5.41) is 7.88. The molecule has 0 heteroatoms. The number of allylic oxidation sites excluding steroid dienone is 2. The maximum Gasteiger partial charge on any atom is -0.0000937 e. The number of rotatable bonds is 2. The van der Waals surface area contributed by atoms with E-state index in [1.807, 2.05) is 0 Å². The van der Waals surface area contributed by atoms with Crippen molar-refractivity contribution in [2.45, 2.75) is 0 Å². The third kappa shape index (κ3) is 2.77. The van der Waals surface area contributed by atoms with Crippen LogP contribution in [0.3, 0.4) is 0 Å².